The number of H-pyrrole nitrogens is 1. The number of fused-ring (bicyclic) bond motifs is 1. The van der Waals surface area contributed by atoms with E-state index in [1.165, 1.54) is 22.0 Å². The Morgan fingerprint density at radius 1 is 1.23 bits per heavy atom. The first-order chi connectivity index (χ1) is 12.1. The first-order valence-corrected chi connectivity index (χ1v) is 8.45. The van der Waals surface area contributed by atoms with Crippen LogP contribution in [0.1, 0.15) is 22.8 Å². The van der Waals surface area contributed by atoms with Crippen molar-refractivity contribution in [3.8, 4) is 0 Å². The molecule has 0 saturated carbocycles. The zero-order valence-corrected chi connectivity index (χ0v) is 18.0. The summed E-state index contributed by atoms with van der Waals surface area (Å²) in [4.78, 5) is 7.61. The van der Waals surface area contributed by atoms with Crippen molar-refractivity contribution in [2.75, 3.05) is 13.6 Å². The smallest absolute Gasteiger partial charge is 0.191 e. The van der Waals surface area contributed by atoms with Crippen LogP contribution in [0.5, 0.6) is 0 Å². The fourth-order valence-electron chi connectivity index (χ4n) is 2.95. The summed E-state index contributed by atoms with van der Waals surface area (Å²) >= 11 is 0. The number of rotatable bonds is 5. The van der Waals surface area contributed by atoms with E-state index in [9.17, 15) is 0 Å². The van der Waals surface area contributed by atoms with E-state index < -0.39 is 0 Å². The van der Waals surface area contributed by atoms with Gasteiger partial charge in [0.2, 0.25) is 0 Å². The van der Waals surface area contributed by atoms with E-state index in [4.69, 9.17) is 0 Å². The van der Waals surface area contributed by atoms with Crippen molar-refractivity contribution < 1.29 is 0 Å². The van der Waals surface area contributed by atoms with Crippen molar-refractivity contribution in [2.45, 2.75) is 26.8 Å². The predicted octanol–water partition coefficient (Wildman–Crippen LogP) is 2.44. The van der Waals surface area contributed by atoms with E-state index >= 15 is 0 Å². The number of nitrogens with zero attached hydrogens (tertiary/aromatic N) is 4. The lowest BCUT2D eigenvalue weighted by molar-refractivity contribution is 0.716. The van der Waals surface area contributed by atoms with Crippen molar-refractivity contribution >= 4 is 40.8 Å². The lowest BCUT2D eigenvalue weighted by Crippen LogP contribution is -2.38. The lowest BCUT2D eigenvalue weighted by atomic mass is 10.1. The van der Waals surface area contributed by atoms with Crippen LogP contribution in [0.4, 0.5) is 0 Å². The fourth-order valence-corrected chi connectivity index (χ4v) is 2.95. The van der Waals surface area contributed by atoms with Gasteiger partial charge in [0.15, 0.2) is 11.8 Å². The van der Waals surface area contributed by atoms with Crippen LogP contribution in [0.3, 0.4) is 0 Å². The zero-order valence-electron chi connectivity index (χ0n) is 15.6. The van der Waals surface area contributed by atoms with E-state index in [1.54, 1.807) is 7.05 Å². The number of aromatic amines is 1. The Morgan fingerprint density at radius 3 is 2.73 bits per heavy atom. The van der Waals surface area contributed by atoms with Gasteiger partial charge in [0.25, 0.3) is 0 Å². The van der Waals surface area contributed by atoms with Crippen molar-refractivity contribution in [3.63, 3.8) is 0 Å². The van der Waals surface area contributed by atoms with E-state index in [0.29, 0.717) is 6.54 Å². The summed E-state index contributed by atoms with van der Waals surface area (Å²) < 4.78 is 1.97. The third kappa shape index (κ3) is 4.35. The van der Waals surface area contributed by atoms with E-state index in [2.05, 4.69) is 62.1 Å². The summed E-state index contributed by atoms with van der Waals surface area (Å²) in [5.74, 6) is 2.54. The summed E-state index contributed by atoms with van der Waals surface area (Å²) in [5.41, 5.74) is 3.81. The minimum absolute atomic E-state index is 0. The molecule has 0 fully saturated rings. The molecule has 7 nitrogen and oxygen atoms in total. The van der Waals surface area contributed by atoms with Crippen LogP contribution in [-0.2, 0) is 20.0 Å². The Hall–Kier alpha value is -2.10. The van der Waals surface area contributed by atoms with Crippen LogP contribution in [-0.4, -0.2) is 39.3 Å². The number of aliphatic imine (C=N–C) groups is 1. The Balaban J connectivity index is 0.00000243. The molecular weight excluding hydrogens is 441 g/mol. The Kier molecular flexibility index (Phi) is 7.01. The van der Waals surface area contributed by atoms with Crippen LogP contribution in [0.15, 0.2) is 29.4 Å². The summed E-state index contributed by atoms with van der Waals surface area (Å²) in [7, 11) is 3.73. The molecule has 140 valence electrons. The average Bonchev–Trinajstić information content (AvgIpc) is 3.16. The van der Waals surface area contributed by atoms with Gasteiger partial charge < -0.3 is 20.2 Å². The van der Waals surface area contributed by atoms with E-state index in [0.717, 1.165) is 30.6 Å². The largest absolute Gasteiger partial charge is 0.361 e. The predicted molar refractivity (Wildman–Crippen MR) is 116 cm³/mol. The average molecular weight is 467 g/mol. The summed E-state index contributed by atoms with van der Waals surface area (Å²) in [6, 6.07) is 6.34. The topological polar surface area (TPSA) is 82.9 Å². The number of hydrogen-bond acceptors (Lipinski definition) is 3. The summed E-state index contributed by atoms with van der Waals surface area (Å²) in [5, 5.41) is 16.2. The zero-order chi connectivity index (χ0) is 17.8. The van der Waals surface area contributed by atoms with Crippen LogP contribution >= 0.6 is 24.0 Å². The molecule has 3 rings (SSSR count). The molecule has 8 heteroatoms. The summed E-state index contributed by atoms with van der Waals surface area (Å²) in [6.45, 7) is 5.48. The second-order valence-corrected chi connectivity index (χ2v) is 6.14. The highest BCUT2D eigenvalue weighted by atomic mass is 127. The van der Waals surface area contributed by atoms with Gasteiger partial charge in [0, 0.05) is 37.7 Å². The van der Waals surface area contributed by atoms with Gasteiger partial charge in [-0.15, -0.1) is 34.2 Å². The molecule has 0 saturated heterocycles. The molecule has 2 aromatic heterocycles. The molecule has 0 atom stereocenters. The van der Waals surface area contributed by atoms with Gasteiger partial charge in [-0.2, -0.15) is 0 Å². The number of guanidine groups is 1. The maximum absolute atomic E-state index is 4.27. The van der Waals surface area contributed by atoms with Crippen LogP contribution in [0.25, 0.3) is 10.9 Å². The highest BCUT2D eigenvalue weighted by Crippen LogP contribution is 2.22. The molecule has 0 aliphatic rings. The van der Waals surface area contributed by atoms with Gasteiger partial charge in [-0.3, -0.25) is 4.99 Å². The Labute approximate surface area is 170 Å². The van der Waals surface area contributed by atoms with Gasteiger partial charge in [0.1, 0.15) is 5.82 Å². The molecule has 0 unspecified atom stereocenters. The molecule has 0 aliphatic heterocycles. The number of aryl methyl sites for hydroxylation is 2. The molecule has 2 heterocycles. The fraction of sp³-hybridized carbons (Fsp3) is 0.389. The van der Waals surface area contributed by atoms with Crippen LogP contribution < -0.4 is 10.6 Å². The van der Waals surface area contributed by atoms with Crippen molar-refractivity contribution in [1.82, 2.24) is 30.4 Å². The van der Waals surface area contributed by atoms with E-state index in [1.807, 2.05) is 18.5 Å². The molecule has 3 N–H and O–H groups in total. The number of nitrogens with one attached hydrogen (secondary N) is 3. The molecule has 0 bridgehead atoms. The monoisotopic (exact) mass is 467 g/mol. The third-order valence-electron chi connectivity index (χ3n) is 4.50. The van der Waals surface area contributed by atoms with Gasteiger partial charge >= 0.3 is 0 Å². The van der Waals surface area contributed by atoms with Crippen molar-refractivity contribution in [3.05, 3.63) is 47.2 Å². The minimum Gasteiger partial charge on any atom is -0.361 e. The molecule has 26 heavy (non-hydrogen) atoms. The summed E-state index contributed by atoms with van der Waals surface area (Å²) in [6.07, 6.45) is 3.02. The molecule has 0 aliphatic carbocycles. The maximum Gasteiger partial charge on any atom is 0.191 e. The van der Waals surface area contributed by atoms with Crippen molar-refractivity contribution in [2.24, 2.45) is 12.0 Å². The number of aromatic nitrogens is 4. The second-order valence-electron chi connectivity index (χ2n) is 6.14. The van der Waals surface area contributed by atoms with Gasteiger partial charge in [-0.25, -0.2) is 0 Å². The van der Waals surface area contributed by atoms with Gasteiger partial charge in [0.05, 0.1) is 6.54 Å². The highest BCUT2D eigenvalue weighted by molar-refractivity contribution is 14.0. The Bertz CT molecular complexity index is 894. The molecule has 3 aromatic rings. The maximum atomic E-state index is 4.27. The first-order valence-electron chi connectivity index (χ1n) is 8.45. The van der Waals surface area contributed by atoms with Crippen molar-refractivity contribution in [1.29, 1.82) is 0 Å². The van der Waals surface area contributed by atoms with E-state index in [-0.39, 0.29) is 24.0 Å². The standard InChI is InChI=1S/C18H25N7.HI/c1-12-6-5-7-15-17(12)14(10-21-15)8-9-20-18(19-3)22-11-16-24-23-13(2)25(16)4;/h5-7,10,21H,8-9,11H2,1-4H3,(H2,19,20,22);1H. The molecule has 0 amide bonds. The van der Waals surface area contributed by atoms with Gasteiger partial charge in [-0.1, -0.05) is 12.1 Å². The highest BCUT2D eigenvalue weighted by Gasteiger charge is 2.08. The lowest BCUT2D eigenvalue weighted by Gasteiger charge is -2.11. The van der Waals surface area contributed by atoms with Crippen LogP contribution in [0.2, 0.25) is 0 Å². The van der Waals surface area contributed by atoms with Crippen LogP contribution in [0, 0.1) is 13.8 Å². The molecule has 0 radical (unpaired) electrons. The molecular formula is C18H26IN7. The first kappa shape index (κ1) is 20.2. The number of benzene rings is 1. The normalized spacial score (nSPS) is 11.5. The minimum atomic E-state index is 0. The SMILES string of the molecule is CN=C(NCCc1c[nH]c2cccc(C)c12)NCc1nnc(C)n1C.I. The molecule has 1 aromatic carbocycles. The second kappa shape index (κ2) is 9.02. The Morgan fingerprint density at radius 2 is 2.04 bits per heavy atom. The number of halogens is 1. The third-order valence-corrected chi connectivity index (χ3v) is 4.50. The molecule has 0 spiro atoms. The van der Waals surface area contributed by atoms with Gasteiger partial charge in [-0.05, 0) is 37.5 Å². The quantitative estimate of drug-likeness (QED) is 0.306. The number of hydrogen-bond donors (Lipinski definition) is 3.